The van der Waals surface area contributed by atoms with Gasteiger partial charge in [0.05, 0.1) is 6.10 Å². The van der Waals surface area contributed by atoms with E-state index in [1.165, 1.54) is 0 Å². The van der Waals surface area contributed by atoms with E-state index in [0.29, 0.717) is 12.8 Å². The molecule has 1 heterocycles. The van der Waals surface area contributed by atoms with E-state index in [1.807, 2.05) is 0 Å². The number of hydrogen-bond donors (Lipinski definition) is 2. The quantitative estimate of drug-likeness (QED) is 0.801. The monoisotopic (exact) mass is 271 g/mol. The predicted molar refractivity (Wildman–Crippen MR) is 71.8 cm³/mol. The molecule has 0 aliphatic carbocycles. The normalized spacial score (nSPS) is 21.7. The second kappa shape index (κ2) is 6.89. The van der Waals surface area contributed by atoms with Crippen LogP contribution in [0.15, 0.2) is 0 Å². The number of amides is 1. The Morgan fingerprint density at radius 1 is 1.37 bits per heavy atom. The molecule has 2 atom stereocenters. The molecule has 1 amide bonds. The van der Waals surface area contributed by atoms with Gasteiger partial charge in [-0.1, -0.05) is 20.8 Å². The number of hydrogen-bond acceptors (Lipinski definition) is 3. The van der Waals surface area contributed by atoms with Crippen LogP contribution in [0.25, 0.3) is 0 Å². The topological polar surface area (TPSA) is 75.6 Å². The van der Waals surface area contributed by atoms with Crippen molar-refractivity contribution in [3.8, 4) is 0 Å². The van der Waals surface area contributed by atoms with E-state index in [4.69, 9.17) is 9.84 Å². The summed E-state index contributed by atoms with van der Waals surface area (Å²) < 4.78 is 5.55. The van der Waals surface area contributed by atoms with Crippen molar-refractivity contribution in [1.29, 1.82) is 0 Å². The Bertz CT molecular complexity index is 316. The number of nitrogens with one attached hydrogen (secondary N) is 1. The van der Waals surface area contributed by atoms with E-state index in [0.717, 1.165) is 25.9 Å². The first kappa shape index (κ1) is 16.0. The Labute approximate surface area is 114 Å². The summed E-state index contributed by atoms with van der Waals surface area (Å²) in [5, 5.41) is 11.7. The maximum absolute atomic E-state index is 11.8. The summed E-state index contributed by atoms with van der Waals surface area (Å²) in [5.41, 5.74) is -0.497. The van der Waals surface area contributed by atoms with Gasteiger partial charge in [-0.2, -0.15) is 0 Å². The molecule has 0 saturated carbocycles. The van der Waals surface area contributed by atoms with Crippen LogP contribution in [0.1, 0.15) is 52.9 Å². The average molecular weight is 271 g/mol. The Hall–Kier alpha value is -1.10. The van der Waals surface area contributed by atoms with E-state index in [2.05, 4.69) is 5.32 Å². The van der Waals surface area contributed by atoms with Crippen molar-refractivity contribution in [2.45, 2.75) is 65.0 Å². The third kappa shape index (κ3) is 5.59. The van der Waals surface area contributed by atoms with Gasteiger partial charge in [-0.15, -0.1) is 0 Å². The van der Waals surface area contributed by atoms with Gasteiger partial charge < -0.3 is 15.2 Å². The number of rotatable bonds is 5. The van der Waals surface area contributed by atoms with Crippen LogP contribution in [-0.2, 0) is 14.3 Å². The molecule has 1 saturated heterocycles. The number of ether oxygens (including phenoxy) is 1. The zero-order valence-electron chi connectivity index (χ0n) is 12.1. The van der Waals surface area contributed by atoms with Gasteiger partial charge in [0.15, 0.2) is 0 Å². The summed E-state index contributed by atoms with van der Waals surface area (Å²) in [6.07, 6.45) is 4.37. The van der Waals surface area contributed by atoms with Crippen LogP contribution >= 0.6 is 0 Å². The Morgan fingerprint density at radius 2 is 2.05 bits per heavy atom. The largest absolute Gasteiger partial charge is 0.480 e. The van der Waals surface area contributed by atoms with Crippen molar-refractivity contribution in [3.05, 3.63) is 0 Å². The number of carboxylic acids is 1. The molecule has 5 heteroatoms. The first-order valence-corrected chi connectivity index (χ1v) is 6.94. The molecule has 5 nitrogen and oxygen atoms in total. The van der Waals surface area contributed by atoms with Gasteiger partial charge >= 0.3 is 5.97 Å². The summed E-state index contributed by atoms with van der Waals surface area (Å²) in [7, 11) is 0. The van der Waals surface area contributed by atoms with Crippen LogP contribution in [0, 0.1) is 5.41 Å². The van der Waals surface area contributed by atoms with E-state index in [-0.39, 0.29) is 12.0 Å². The van der Waals surface area contributed by atoms with Gasteiger partial charge in [0, 0.05) is 13.0 Å². The zero-order valence-corrected chi connectivity index (χ0v) is 12.1. The van der Waals surface area contributed by atoms with Gasteiger partial charge in [-0.05, 0) is 31.1 Å². The SMILES string of the molecule is CC(C)(C)C(NC(=O)CCC1CCCCO1)C(=O)O. The lowest BCUT2D eigenvalue weighted by atomic mass is 9.86. The van der Waals surface area contributed by atoms with Gasteiger partial charge in [-0.3, -0.25) is 4.79 Å². The van der Waals surface area contributed by atoms with Crippen molar-refractivity contribution in [2.75, 3.05) is 6.61 Å². The molecule has 19 heavy (non-hydrogen) atoms. The highest BCUT2D eigenvalue weighted by Gasteiger charge is 2.32. The molecule has 0 aromatic rings. The van der Waals surface area contributed by atoms with Crippen LogP contribution in [0.2, 0.25) is 0 Å². The molecule has 1 fully saturated rings. The minimum atomic E-state index is -0.991. The average Bonchev–Trinajstić information content (AvgIpc) is 2.33. The smallest absolute Gasteiger partial charge is 0.326 e. The molecular formula is C14H25NO4. The second-order valence-electron chi connectivity index (χ2n) is 6.23. The fraction of sp³-hybridized carbons (Fsp3) is 0.857. The number of carbonyl (C=O) groups is 2. The first-order chi connectivity index (χ1) is 8.80. The van der Waals surface area contributed by atoms with Crippen LogP contribution in [0.4, 0.5) is 0 Å². The molecule has 0 spiro atoms. The van der Waals surface area contributed by atoms with Crippen LogP contribution < -0.4 is 5.32 Å². The first-order valence-electron chi connectivity index (χ1n) is 6.94. The standard InChI is InChI=1S/C14H25NO4/c1-14(2,3)12(13(17)18)15-11(16)8-7-10-6-4-5-9-19-10/h10,12H,4-9H2,1-3H3,(H,15,16)(H,17,18). The summed E-state index contributed by atoms with van der Waals surface area (Å²) in [6.45, 7) is 6.18. The lowest BCUT2D eigenvalue weighted by Gasteiger charge is -2.28. The summed E-state index contributed by atoms with van der Waals surface area (Å²) in [6, 6.07) is -0.854. The maximum Gasteiger partial charge on any atom is 0.326 e. The van der Waals surface area contributed by atoms with Crippen molar-refractivity contribution >= 4 is 11.9 Å². The summed E-state index contributed by atoms with van der Waals surface area (Å²) in [4.78, 5) is 23.0. The lowest BCUT2D eigenvalue weighted by molar-refractivity contribution is -0.145. The minimum Gasteiger partial charge on any atom is -0.480 e. The number of carboxylic acid groups (broad SMARTS) is 1. The molecule has 0 radical (unpaired) electrons. The molecule has 1 aliphatic heterocycles. The van der Waals surface area contributed by atoms with Gasteiger partial charge in [0.1, 0.15) is 6.04 Å². The molecule has 110 valence electrons. The highest BCUT2D eigenvalue weighted by molar-refractivity contribution is 5.84. The molecule has 1 aliphatic rings. The molecule has 0 aromatic heterocycles. The van der Waals surface area contributed by atoms with Crippen molar-refractivity contribution in [1.82, 2.24) is 5.32 Å². The fourth-order valence-electron chi connectivity index (χ4n) is 2.21. The van der Waals surface area contributed by atoms with Gasteiger partial charge in [0.2, 0.25) is 5.91 Å². The zero-order chi connectivity index (χ0) is 14.5. The molecule has 0 aromatic carbocycles. The fourth-order valence-corrected chi connectivity index (χ4v) is 2.21. The Balaban J connectivity index is 2.38. The minimum absolute atomic E-state index is 0.150. The number of aliphatic carboxylic acids is 1. The molecule has 1 rings (SSSR count). The van der Waals surface area contributed by atoms with Crippen LogP contribution in [-0.4, -0.2) is 35.7 Å². The van der Waals surface area contributed by atoms with E-state index in [9.17, 15) is 9.59 Å². The van der Waals surface area contributed by atoms with Crippen LogP contribution in [0.3, 0.4) is 0 Å². The predicted octanol–water partition coefficient (Wildman–Crippen LogP) is 1.95. The Kier molecular flexibility index (Phi) is 5.79. The van der Waals surface area contributed by atoms with Crippen molar-refractivity contribution < 1.29 is 19.4 Å². The van der Waals surface area contributed by atoms with E-state index >= 15 is 0 Å². The lowest BCUT2D eigenvalue weighted by Crippen LogP contribution is -2.49. The van der Waals surface area contributed by atoms with Gasteiger partial charge in [-0.25, -0.2) is 4.79 Å². The third-order valence-electron chi connectivity index (χ3n) is 3.39. The number of carbonyl (C=O) groups excluding carboxylic acids is 1. The molecule has 0 bridgehead atoms. The summed E-state index contributed by atoms with van der Waals surface area (Å²) in [5.74, 6) is -1.20. The maximum atomic E-state index is 11.8. The molecular weight excluding hydrogens is 246 g/mol. The Morgan fingerprint density at radius 3 is 2.53 bits per heavy atom. The highest BCUT2D eigenvalue weighted by atomic mass is 16.5. The highest BCUT2D eigenvalue weighted by Crippen LogP contribution is 2.20. The third-order valence-corrected chi connectivity index (χ3v) is 3.39. The van der Waals surface area contributed by atoms with Crippen molar-refractivity contribution in [3.63, 3.8) is 0 Å². The van der Waals surface area contributed by atoms with E-state index in [1.54, 1.807) is 20.8 Å². The van der Waals surface area contributed by atoms with E-state index < -0.39 is 17.4 Å². The molecule has 2 N–H and O–H groups in total. The van der Waals surface area contributed by atoms with Gasteiger partial charge in [0.25, 0.3) is 0 Å². The molecule has 2 unspecified atom stereocenters. The van der Waals surface area contributed by atoms with Crippen molar-refractivity contribution in [2.24, 2.45) is 5.41 Å². The summed E-state index contributed by atoms with van der Waals surface area (Å²) >= 11 is 0. The van der Waals surface area contributed by atoms with Crippen LogP contribution in [0.5, 0.6) is 0 Å². The second-order valence-corrected chi connectivity index (χ2v) is 6.23.